The largest absolute Gasteiger partial charge is 0.489 e. The minimum absolute atomic E-state index is 0.307. The Balaban J connectivity index is 1.65. The van der Waals surface area contributed by atoms with Crippen LogP contribution in [0.3, 0.4) is 0 Å². The summed E-state index contributed by atoms with van der Waals surface area (Å²) in [5.41, 5.74) is 3.88. The third-order valence-electron chi connectivity index (χ3n) is 3.85. The third kappa shape index (κ3) is 2.86. The second-order valence-corrected chi connectivity index (χ2v) is 5.51. The molecule has 0 saturated heterocycles. The molecule has 0 spiro atoms. The van der Waals surface area contributed by atoms with Gasteiger partial charge in [-0.3, -0.25) is 0 Å². The number of benzene rings is 3. The number of ether oxygens (including phenoxy) is 1. The number of H-pyrrole nitrogens is 1. The maximum Gasteiger partial charge on any atom is 0.138 e. The number of hydrogen-bond donors (Lipinski definition) is 1. The highest BCUT2D eigenvalue weighted by molar-refractivity contribution is 5.79. The lowest BCUT2D eigenvalue weighted by atomic mass is 10.1. The Hall–Kier alpha value is -3.14. The van der Waals surface area contributed by atoms with Crippen molar-refractivity contribution in [3.8, 4) is 17.1 Å². The molecule has 118 valence electrons. The monoisotopic (exact) mass is 318 g/mol. The number of aromatic amines is 1. The molecule has 0 radical (unpaired) electrons. The molecular formula is C20H15FN2O. The molecular weight excluding hydrogens is 303 g/mol. The van der Waals surface area contributed by atoms with Crippen molar-refractivity contribution in [1.82, 2.24) is 9.97 Å². The summed E-state index contributed by atoms with van der Waals surface area (Å²) in [7, 11) is 0. The molecule has 0 aliphatic heterocycles. The Kier molecular flexibility index (Phi) is 3.71. The number of para-hydroxylation sites is 2. The molecule has 24 heavy (non-hydrogen) atoms. The Labute approximate surface area is 138 Å². The zero-order chi connectivity index (χ0) is 16.4. The van der Waals surface area contributed by atoms with Crippen LogP contribution in [0.1, 0.15) is 5.56 Å². The van der Waals surface area contributed by atoms with E-state index >= 15 is 0 Å². The molecule has 1 N–H and O–H groups in total. The average Bonchev–Trinajstić information content (AvgIpc) is 3.04. The first kappa shape index (κ1) is 14.5. The van der Waals surface area contributed by atoms with Crippen LogP contribution in [0, 0.1) is 5.82 Å². The van der Waals surface area contributed by atoms with Crippen LogP contribution in [-0.4, -0.2) is 9.97 Å². The van der Waals surface area contributed by atoms with Gasteiger partial charge < -0.3 is 9.72 Å². The average molecular weight is 318 g/mol. The van der Waals surface area contributed by atoms with Crippen LogP contribution in [0.2, 0.25) is 0 Å². The van der Waals surface area contributed by atoms with Crippen molar-refractivity contribution in [3.05, 3.63) is 84.2 Å². The number of hydrogen-bond acceptors (Lipinski definition) is 2. The van der Waals surface area contributed by atoms with Crippen molar-refractivity contribution in [2.75, 3.05) is 0 Å². The number of nitrogens with one attached hydrogen (secondary N) is 1. The lowest BCUT2D eigenvalue weighted by Crippen LogP contribution is -1.98. The second-order valence-electron chi connectivity index (χ2n) is 5.51. The number of aromatic nitrogens is 2. The van der Waals surface area contributed by atoms with Crippen molar-refractivity contribution in [2.45, 2.75) is 6.61 Å². The zero-order valence-electron chi connectivity index (χ0n) is 12.9. The predicted molar refractivity (Wildman–Crippen MR) is 92.3 cm³/mol. The summed E-state index contributed by atoms with van der Waals surface area (Å²) in [4.78, 5) is 7.97. The molecule has 3 aromatic carbocycles. The number of imidazole rings is 1. The van der Waals surface area contributed by atoms with Gasteiger partial charge in [-0.25, -0.2) is 9.37 Å². The second kappa shape index (κ2) is 6.16. The fourth-order valence-corrected chi connectivity index (χ4v) is 2.68. The molecule has 1 heterocycles. The van der Waals surface area contributed by atoms with E-state index in [0.717, 1.165) is 28.0 Å². The van der Waals surface area contributed by atoms with E-state index in [2.05, 4.69) is 9.97 Å². The quantitative estimate of drug-likeness (QED) is 0.578. The summed E-state index contributed by atoms with van der Waals surface area (Å²) in [6, 6.07) is 22.0. The van der Waals surface area contributed by atoms with E-state index in [1.54, 1.807) is 12.1 Å². The molecule has 0 atom stereocenters. The first-order valence-electron chi connectivity index (χ1n) is 7.71. The van der Waals surface area contributed by atoms with Crippen LogP contribution in [0.15, 0.2) is 72.8 Å². The zero-order valence-corrected chi connectivity index (χ0v) is 12.9. The van der Waals surface area contributed by atoms with Crippen LogP contribution in [-0.2, 0) is 6.61 Å². The van der Waals surface area contributed by atoms with Gasteiger partial charge in [-0.1, -0.05) is 42.5 Å². The minimum atomic E-state index is -0.307. The molecule has 1 aromatic heterocycles. The van der Waals surface area contributed by atoms with E-state index < -0.39 is 0 Å². The number of rotatable bonds is 4. The topological polar surface area (TPSA) is 37.9 Å². The van der Waals surface area contributed by atoms with E-state index in [-0.39, 0.29) is 5.82 Å². The van der Waals surface area contributed by atoms with E-state index in [0.29, 0.717) is 12.4 Å². The van der Waals surface area contributed by atoms with Crippen molar-refractivity contribution in [2.24, 2.45) is 0 Å². The SMILES string of the molecule is Fc1cccc(OCc2ccccc2-c2nc3ccccc3[nH]2)c1. The minimum Gasteiger partial charge on any atom is -0.489 e. The summed E-state index contributed by atoms with van der Waals surface area (Å²) >= 11 is 0. The van der Waals surface area contributed by atoms with Crippen LogP contribution >= 0.6 is 0 Å². The summed E-state index contributed by atoms with van der Waals surface area (Å²) in [6.45, 7) is 0.344. The van der Waals surface area contributed by atoms with Crippen LogP contribution in [0.25, 0.3) is 22.4 Å². The van der Waals surface area contributed by atoms with Gasteiger partial charge >= 0.3 is 0 Å². The molecule has 0 fully saturated rings. The Morgan fingerprint density at radius 2 is 1.75 bits per heavy atom. The van der Waals surface area contributed by atoms with E-state index in [9.17, 15) is 4.39 Å². The van der Waals surface area contributed by atoms with Crippen LogP contribution < -0.4 is 4.74 Å². The summed E-state index contributed by atoms with van der Waals surface area (Å²) in [5, 5.41) is 0. The van der Waals surface area contributed by atoms with E-state index in [1.807, 2.05) is 48.5 Å². The molecule has 0 aliphatic rings. The summed E-state index contributed by atoms with van der Waals surface area (Å²) < 4.78 is 19.0. The van der Waals surface area contributed by atoms with Gasteiger partial charge in [0.05, 0.1) is 11.0 Å². The van der Waals surface area contributed by atoms with Gasteiger partial charge in [0.25, 0.3) is 0 Å². The molecule has 0 bridgehead atoms. The Morgan fingerprint density at radius 1 is 0.917 bits per heavy atom. The van der Waals surface area contributed by atoms with Crippen molar-refractivity contribution < 1.29 is 9.13 Å². The van der Waals surface area contributed by atoms with Gasteiger partial charge in [-0.2, -0.15) is 0 Å². The molecule has 4 heteroatoms. The molecule has 0 unspecified atom stereocenters. The van der Waals surface area contributed by atoms with Gasteiger partial charge in [0, 0.05) is 17.2 Å². The molecule has 0 aliphatic carbocycles. The van der Waals surface area contributed by atoms with E-state index in [1.165, 1.54) is 12.1 Å². The van der Waals surface area contributed by atoms with E-state index in [4.69, 9.17) is 4.74 Å². The molecule has 4 aromatic rings. The first-order chi connectivity index (χ1) is 11.8. The van der Waals surface area contributed by atoms with Gasteiger partial charge in [0.1, 0.15) is 24.0 Å². The fourth-order valence-electron chi connectivity index (χ4n) is 2.68. The molecule has 0 saturated carbocycles. The van der Waals surface area contributed by atoms with Crippen molar-refractivity contribution >= 4 is 11.0 Å². The Bertz CT molecular complexity index is 961. The maximum absolute atomic E-state index is 13.3. The van der Waals surface area contributed by atoms with Crippen molar-refractivity contribution in [3.63, 3.8) is 0 Å². The fraction of sp³-hybridized carbons (Fsp3) is 0.0500. The summed E-state index contributed by atoms with van der Waals surface area (Å²) in [5.74, 6) is 1.00. The lowest BCUT2D eigenvalue weighted by molar-refractivity contribution is 0.305. The highest BCUT2D eigenvalue weighted by Crippen LogP contribution is 2.25. The smallest absolute Gasteiger partial charge is 0.138 e. The van der Waals surface area contributed by atoms with Gasteiger partial charge in [-0.05, 0) is 24.3 Å². The lowest BCUT2D eigenvalue weighted by Gasteiger charge is -2.09. The summed E-state index contributed by atoms with van der Waals surface area (Å²) in [6.07, 6.45) is 0. The molecule has 4 rings (SSSR count). The van der Waals surface area contributed by atoms with Crippen molar-refractivity contribution in [1.29, 1.82) is 0 Å². The number of nitrogens with zero attached hydrogens (tertiary/aromatic N) is 1. The first-order valence-corrected chi connectivity index (χ1v) is 7.71. The highest BCUT2D eigenvalue weighted by atomic mass is 19.1. The number of fused-ring (bicyclic) bond motifs is 1. The Morgan fingerprint density at radius 3 is 2.62 bits per heavy atom. The molecule has 3 nitrogen and oxygen atoms in total. The van der Waals surface area contributed by atoms with Gasteiger partial charge in [0.2, 0.25) is 0 Å². The highest BCUT2D eigenvalue weighted by Gasteiger charge is 2.10. The number of halogens is 1. The standard InChI is InChI=1S/C20H15FN2O/c21-15-7-5-8-16(12-15)24-13-14-6-1-2-9-17(14)20-22-18-10-3-4-11-19(18)23-20/h1-12H,13H2,(H,22,23). The maximum atomic E-state index is 13.3. The van der Waals surface area contributed by atoms with Crippen LogP contribution in [0.5, 0.6) is 5.75 Å². The van der Waals surface area contributed by atoms with Gasteiger partial charge in [0.15, 0.2) is 0 Å². The third-order valence-corrected chi connectivity index (χ3v) is 3.85. The van der Waals surface area contributed by atoms with Crippen LogP contribution in [0.4, 0.5) is 4.39 Å². The molecule has 0 amide bonds. The van der Waals surface area contributed by atoms with Gasteiger partial charge in [-0.15, -0.1) is 0 Å². The predicted octanol–water partition coefficient (Wildman–Crippen LogP) is 4.95. The normalized spacial score (nSPS) is 10.9.